The summed E-state index contributed by atoms with van der Waals surface area (Å²) < 4.78 is 11.6. The molecule has 1 heterocycles. The number of hydrogen-bond donors (Lipinski definition) is 2. The van der Waals surface area contributed by atoms with Crippen molar-refractivity contribution in [3.8, 4) is 11.5 Å². The van der Waals surface area contributed by atoms with Crippen molar-refractivity contribution in [2.45, 2.75) is 11.8 Å². The maximum absolute atomic E-state index is 12.5. The molecule has 174 valence electrons. The van der Waals surface area contributed by atoms with Crippen molar-refractivity contribution < 1.29 is 19.1 Å². The first-order chi connectivity index (χ1) is 16.5. The van der Waals surface area contributed by atoms with E-state index in [2.05, 4.69) is 15.6 Å². The summed E-state index contributed by atoms with van der Waals surface area (Å²) in [4.78, 5) is 30.3. The average molecular weight is 494 g/mol. The number of ether oxygens (including phenoxy) is 2. The Bertz CT molecular complexity index is 1310. The molecule has 4 rings (SSSR count). The van der Waals surface area contributed by atoms with Gasteiger partial charge < -0.3 is 20.1 Å². The van der Waals surface area contributed by atoms with E-state index in [1.54, 1.807) is 31.4 Å². The van der Waals surface area contributed by atoms with E-state index in [4.69, 9.17) is 9.47 Å². The summed E-state index contributed by atoms with van der Waals surface area (Å²) in [6.45, 7) is 2.53. The molecule has 9 heteroatoms. The normalized spacial score (nSPS) is 10.6. The Morgan fingerprint density at radius 2 is 1.79 bits per heavy atom. The lowest BCUT2D eigenvalue weighted by Gasteiger charge is -2.08. The zero-order chi connectivity index (χ0) is 23.9. The summed E-state index contributed by atoms with van der Waals surface area (Å²) in [5, 5.41) is 6.29. The van der Waals surface area contributed by atoms with Crippen LogP contribution in [0.5, 0.6) is 11.5 Å². The lowest BCUT2D eigenvalue weighted by Crippen LogP contribution is -2.14. The number of carbonyl (C=O) groups excluding carboxylic acids is 2. The number of benzene rings is 3. The van der Waals surface area contributed by atoms with Gasteiger partial charge in [-0.2, -0.15) is 0 Å². The number of hydrogen-bond acceptors (Lipinski definition) is 7. The Balaban J connectivity index is 1.32. The van der Waals surface area contributed by atoms with Crippen LogP contribution in [0.3, 0.4) is 0 Å². The fourth-order valence-electron chi connectivity index (χ4n) is 3.13. The van der Waals surface area contributed by atoms with E-state index in [0.717, 1.165) is 20.9 Å². The van der Waals surface area contributed by atoms with Gasteiger partial charge in [0.25, 0.3) is 5.91 Å². The third-order valence-corrected chi connectivity index (χ3v) is 6.66. The van der Waals surface area contributed by atoms with Crippen LogP contribution in [0.4, 0.5) is 10.8 Å². The van der Waals surface area contributed by atoms with Gasteiger partial charge in [-0.05, 0) is 67.6 Å². The first kappa shape index (κ1) is 23.6. The number of rotatable bonds is 9. The predicted molar refractivity (Wildman–Crippen MR) is 138 cm³/mol. The summed E-state index contributed by atoms with van der Waals surface area (Å²) >= 11 is 2.79. The zero-order valence-corrected chi connectivity index (χ0v) is 20.3. The van der Waals surface area contributed by atoms with Crippen LogP contribution in [-0.2, 0) is 4.79 Å². The fraction of sp³-hybridized carbons (Fsp3) is 0.160. The van der Waals surface area contributed by atoms with Crippen molar-refractivity contribution in [1.82, 2.24) is 4.98 Å². The van der Waals surface area contributed by atoms with E-state index in [1.807, 2.05) is 49.4 Å². The number of nitrogens with one attached hydrogen (secondary N) is 2. The molecule has 3 aromatic carbocycles. The van der Waals surface area contributed by atoms with Crippen molar-refractivity contribution in [3.63, 3.8) is 0 Å². The smallest absolute Gasteiger partial charge is 0.255 e. The van der Waals surface area contributed by atoms with Crippen LogP contribution in [0.2, 0.25) is 0 Å². The van der Waals surface area contributed by atoms with Crippen LogP contribution in [-0.4, -0.2) is 36.3 Å². The Morgan fingerprint density at radius 3 is 2.56 bits per heavy atom. The lowest BCUT2D eigenvalue weighted by molar-refractivity contribution is -0.113. The number of amides is 2. The standard InChI is InChI=1S/C25H23N3O4S2/c1-3-32-19-11-12-21-22(14-19)34-25(27-21)28-23(29)15-33-20-6-4-5-17(13-20)26-24(30)16-7-9-18(31-2)10-8-16/h4-14H,3,15H2,1-2H3,(H,26,30)(H,27,28,29). The van der Waals surface area contributed by atoms with Gasteiger partial charge >= 0.3 is 0 Å². The summed E-state index contributed by atoms with van der Waals surface area (Å²) in [6, 6.07) is 19.9. The summed E-state index contributed by atoms with van der Waals surface area (Å²) in [5.41, 5.74) is 2.00. The van der Waals surface area contributed by atoms with Crippen LogP contribution >= 0.6 is 23.1 Å². The first-order valence-corrected chi connectivity index (χ1v) is 12.4. The number of thioether (sulfide) groups is 1. The number of carbonyl (C=O) groups is 2. The highest BCUT2D eigenvalue weighted by atomic mass is 32.2. The maximum Gasteiger partial charge on any atom is 0.255 e. The van der Waals surface area contributed by atoms with E-state index < -0.39 is 0 Å². The molecule has 0 atom stereocenters. The van der Waals surface area contributed by atoms with Gasteiger partial charge in [-0.15, -0.1) is 11.8 Å². The molecule has 2 N–H and O–H groups in total. The van der Waals surface area contributed by atoms with Crippen molar-refractivity contribution in [1.29, 1.82) is 0 Å². The topological polar surface area (TPSA) is 89.5 Å². The van der Waals surface area contributed by atoms with Crippen molar-refractivity contribution in [3.05, 3.63) is 72.3 Å². The largest absolute Gasteiger partial charge is 0.497 e. The fourth-order valence-corrected chi connectivity index (χ4v) is 4.79. The van der Waals surface area contributed by atoms with Crippen LogP contribution in [0.1, 0.15) is 17.3 Å². The molecule has 0 saturated heterocycles. The molecule has 0 aliphatic heterocycles. The van der Waals surface area contributed by atoms with Crippen LogP contribution in [0.15, 0.2) is 71.6 Å². The quantitative estimate of drug-likeness (QED) is 0.291. The molecule has 0 saturated carbocycles. The van der Waals surface area contributed by atoms with Crippen molar-refractivity contribution in [2.24, 2.45) is 0 Å². The summed E-state index contributed by atoms with van der Waals surface area (Å²) in [5.74, 6) is 1.32. The van der Waals surface area contributed by atoms with E-state index >= 15 is 0 Å². The molecule has 0 radical (unpaired) electrons. The lowest BCUT2D eigenvalue weighted by atomic mass is 10.2. The highest BCUT2D eigenvalue weighted by molar-refractivity contribution is 8.00. The number of methoxy groups -OCH3 is 1. The molecule has 0 aliphatic rings. The van der Waals surface area contributed by atoms with Crippen LogP contribution in [0.25, 0.3) is 10.2 Å². The number of fused-ring (bicyclic) bond motifs is 1. The molecule has 2 amide bonds. The Labute approximate surface area is 205 Å². The Hall–Kier alpha value is -3.56. The summed E-state index contributed by atoms with van der Waals surface area (Å²) in [6.07, 6.45) is 0. The molecule has 4 aromatic rings. The number of thiazole rings is 1. The molecule has 1 aromatic heterocycles. The summed E-state index contributed by atoms with van der Waals surface area (Å²) in [7, 11) is 1.58. The van der Waals surface area contributed by atoms with Crippen LogP contribution < -0.4 is 20.1 Å². The monoisotopic (exact) mass is 493 g/mol. The molecule has 0 fully saturated rings. The Kier molecular flexibility index (Phi) is 7.66. The maximum atomic E-state index is 12.5. The third-order valence-electron chi connectivity index (χ3n) is 4.73. The predicted octanol–water partition coefficient (Wildman–Crippen LogP) is 5.69. The average Bonchev–Trinajstić information content (AvgIpc) is 3.24. The number of nitrogens with zero attached hydrogens (tertiary/aromatic N) is 1. The molecule has 0 bridgehead atoms. The second-order valence-electron chi connectivity index (χ2n) is 7.13. The van der Waals surface area contributed by atoms with Crippen LogP contribution in [0, 0.1) is 0 Å². The Morgan fingerprint density at radius 1 is 1.00 bits per heavy atom. The van der Waals surface area contributed by atoms with E-state index in [0.29, 0.717) is 28.7 Å². The van der Waals surface area contributed by atoms with E-state index in [1.165, 1.54) is 23.1 Å². The van der Waals surface area contributed by atoms with Gasteiger partial charge in [0.05, 0.1) is 29.7 Å². The first-order valence-electron chi connectivity index (χ1n) is 10.6. The second kappa shape index (κ2) is 11.0. The molecule has 0 spiro atoms. The zero-order valence-electron chi connectivity index (χ0n) is 18.7. The number of aromatic nitrogens is 1. The van der Waals surface area contributed by atoms with Gasteiger partial charge in [0, 0.05) is 16.1 Å². The molecular formula is C25H23N3O4S2. The highest BCUT2D eigenvalue weighted by Gasteiger charge is 2.11. The van der Waals surface area contributed by atoms with Crippen molar-refractivity contribution >= 4 is 55.9 Å². The third kappa shape index (κ3) is 6.06. The molecule has 7 nitrogen and oxygen atoms in total. The molecule has 34 heavy (non-hydrogen) atoms. The van der Waals surface area contributed by atoms with Gasteiger partial charge in [-0.1, -0.05) is 17.4 Å². The van der Waals surface area contributed by atoms with Crippen molar-refractivity contribution in [2.75, 3.05) is 30.1 Å². The van der Waals surface area contributed by atoms with E-state index in [-0.39, 0.29) is 17.6 Å². The number of anilines is 2. The molecule has 0 unspecified atom stereocenters. The van der Waals surface area contributed by atoms with Gasteiger partial charge in [0.15, 0.2) is 5.13 Å². The second-order valence-corrected chi connectivity index (χ2v) is 9.21. The van der Waals surface area contributed by atoms with Gasteiger partial charge in [0.1, 0.15) is 11.5 Å². The minimum Gasteiger partial charge on any atom is -0.497 e. The minimum absolute atomic E-state index is 0.151. The molecular weight excluding hydrogens is 470 g/mol. The van der Waals surface area contributed by atoms with Gasteiger partial charge in [-0.25, -0.2) is 4.98 Å². The van der Waals surface area contributed by atoms with Gasteiger partial charge in [-0.3, -0.25) is 9.59 Å². The van der Waals surface area contributed by atoms with Gasteiger partial charge in [0.2, 0.25) is 5.91 Å². The highest BCUT2D eigenvalue weighted by Crippen LogP contribution is 2.30. The molecule has 0 aliphatic carbocycles. The minimum atomic E-state index is -0.217. The SMILES string of the molecule is CCOc1ccc2nc(NC(=O)CSc3cccc(NC(=O)c4ccc(OC)cc4)c3)sc2c1. The van der Waals surface area contributed by atoms with E-state index in [9.17, 15) is 9.59 Å².